The predicted octanol–water partition coefficient (Wildman–Crippen LogP) is 5.04. The molecule has 0 saturated carbocycles. The number of rotatable bonds is 4. The van der Waals surface area contributed by atoms with Gasteiger partial charge in [0.15, 0.2) is 0 Å². The van der Waals surface area contributed by atoms with Crippen LogP contribution in [0.5, 0.6) is 0 Å². The summed E-state index contributed by atoms with van der Waals surface area (Å²) in [6.07, 6.45) is 0. The number of benzene rings is 2. The highest BCUT2D eigenvalue weighted by Gasteiger charge is 2.20. The maximum Gasteiger partial charge on any atom is 0.137 e. The van der Waals surface area contributed by atoms with Crippen LogP contribution in [0.15, 0.2) is 52.9 Å². The molecule has 2 nitrogen and oxygen atoms in total. The number of fused-ring (bicyclic) bond motifs is 1. The Bertz CT molecular complexity index is 763. The minimum atomic E-state index is 0.0925. The smallest absolute Gasteiger partial charge is 0.137 e. The van der Waals surface area contributed by atoms with Crippen molar-refractivity contribution in [3.63, 3.8) is 0 Å². The lowest BCUT2D eigenvalue weighted by Crippen LogP contribution is -2.22. The first-order valence-corrected chi connectivity index (χ1v) is 8.25. The van der Waals surface area contributed by atoms with Gasteiger partial charge < -0.3 is 9.73 Å². The van der Waals surface area contributed by atoms with Crippen LogP contribution in [0, 0.1) is 10.5 Å². The van der Waals surface area contributed by atoms with E-state index in [1.165, 1.54) is 20.1 Å². The third-order valence-corrected chi connectivity index (χ3v) is 4.65. The van der Waals surface area contributed by atoms with Crippen LogP contribution in [0.4, 0.5) is 0 Å². The lowest BCUT2D eigenvalue weighted by atomic mass is 10.0. The normalized spacial score (nSPS) is 12.7. The molecule has 0 bridgehead atoms. The molecule has 3 rings (SSSR count). The van der Waals surface area contributed by atoms with Crippen LogP contribution >= 0.6 is 22.6 Å². The standard InChI is InChI=1S/C18H18INO/c1-3-20-17(14-9-4-5-10-15(14)19)16-11-13-8-6-7-12(2)18(13)21-16/h4-11,17,20H,3H2,1-2H3. The molecule has 3 aromatic rings. The molecule has 0 spiro atoms. The molecule has 0 aliphatic rings. The average Bonchev–Trinajstić information content (AvgIpc) is 2.91. The molecule has 0 aliphatic carbocycles. The summed E-state index contributed by atoms with van der Waals surface area (Å²) in [7, 11) is 0. The fourth-order valence-electron chi connectivity index (χ4n) is 2.65. The summed E-state index contributed by atoms with van der Waals surface area (Å²) in [5, 5.41) is 4.70. The highest BCUT2D eigenvalue weighted by Crippen LogP contribution is 2.31. The SMILES string of the molecule is CCNC(c1cc2cccc(C)c2o1)c1ccccc1I. The molecule has 0 amide bonds. The first-order chi connectivity index (χ1) is 10.2. The maximum atomic E-state index is 6.16. The molecule has 0 saturated heterocycles. The second-order valence-corrected chi connectivity index (χ2v) is 6.32. The third kappa shape index (κ3) is 2.85. The van der Waals surface area contributed by atoms with E-state index in [2.05, 4.69) is 90.3 Å². The molecule has 1 aromatic heterocycles. The zero-order valence-electron chi connectivity index (χ0n) is 12.2. The molecule has 3 heteroatoms. The summed E-state index contributed by atoms with van der Waals surface area (Å²) in [4.78, 5) is 0. The van der Waals surface area contributed by atoms with Crippen LogP contribution in [-0.4, -0.2) is 6.54 Å². The van der Waals surface area contributed by atoms with Crippen LogP contribution in [-0.2, 0) is 0 Å². The van der Waals surface area contributed by atoms with Crippen molar-refractivity contribution in [2.45, 2.75) is 19.9 Å². The molecule has 1 heterocycles. The zero-order valence-corrected chi connectivity index (χ0v) is 14.3. The van der Waals surface area contributed by atoms with E-state index >= 15 is 0 Å². The number of hydrogen-bond donors (Lipinski definition) is 1. The Labute approximate surface area is 138 Å². The molecule has 2 aromatic carbocycles. The third-order valence-electron chi connectivity index (χ3n) is 3.67. The Morgan fingerprint density at radius 1 is 1.14 bits per heavy atom. The number of nitrogens with one attached hydrogen (secondary N) is 1. The van der Waals surface area contributed by atoms with Gasteiger partial charge in [0, 0.05) is 8.96 Å². The van der Waals surface area contributed by atoms with Crippen LogP contribution < -0.4 is 5.32 Å². The highest BCUT2D eigenvalue weighted by molar-refractivity contribution is 14.1. The van der Waals surface area contributed by atoms with Gasteiger partial charge in [-0.2, -0.15) is 0 Å². The van der Waals surface area contributed by atoms with Gasteiger partial charge in [-0.15, -0.1) is 0 Å². The quantitative estimate of drug-likeness (QED) is 0.630. The number of aryl methyl sites for hydroxylation is 1. The van der Waals surface area contributed by atoms with E-state index in [9.17, 15) is 0 Å². The minimum absolute atomic E-state index is 0.0925. The van der Waals surface area contributed by atoms with Gasteiger partial charge in [-0.05, 0) is 59.3 Å². The highest BCUT2D eigenvalue weighted by atomic mass is 127. The van der Waals surface area contributed by atoms with Gasteiger partial charge in [0.1, 0.15) is 11.3 Å². The Hall–Kier alpha value is -1.33. The van der Waals surface area contributed by atoms with Crippen LogP contribution in [0.25, 0.3) is 11.0 Å². The summed E-state index contributed by atoms with van der Waals surface area (Å²) < 4.78 is 7.41. The molecule has 108 valence electrons. The molecule has 0 radical (unpaired) electrons. The number of furan rings is 1. The Balaban J connectivity index is 2.11. The van der Waals surface area contributed by atoms with E-state index < -0.39 is 0 Å². The van der Waals surface area contributed by atoms with Crippen LogP contribution in [0.3, 0.4) is 0 Å². The number of para-hydroxylation sites is 1. The van der Waals surface area contributed by atoms with Crippen molar-refractivity contribution in [2.75, 3.05) is 6.54 Å². The Morgan fingerprint density at radius 2 is 1.95 bits per heavy atom. The van der Waals surface area contributed by atoms with E-state index in [4.69, 9.17) is 4.42 Å². The van der Waals surface area contributed by atoms with Gasteiger partial charge in [0.2, 0.25) is 0 Å². The summed E-state index contributed by atoms with van der Waals surface area (Å²) in [6, 6.07) is 17.0. The van der Waals surface area contributed by atoms with Crippen molar-refractivity contribution >= 4 is 33.6 Å². The summed E-state index contributed by atoms with van der Waals surface area (Å²) in [5.74, 6) is 0.977. The number of halogens is 1. The lowest BCUT2D eigenvalue weighted by Gasteiger charge is -2.17. The summed E-state index contributed by atoms with van der Waals surface area (Å²) >= 11 is 2.39. The van der Waals surface area contributed by atoms with Gasteiger partial charge in [-0.25, -0.2) is 0 Å². The van der Waals surface area contributed by atoms with Crippen molar-refractivity contribution in [2.24, 2.45) is 0 Å². The summed E-state index contributed by atoms with van der Waals surface area (Å²) in [5.41, 5.74) is 3.43. The molecular formula is C18H18INO. The fourth-order valence-corrected chi connectivity index (χ4v) is 3.35. The van der Waals surface area contributed by atoms with Gasteiger partial charge in [0.25, 0.3) is 0 Å². The first kappa shape index (κ1) is 14.6. The second kappa shape index (κ2) is 6.20. The largest absolute Gasteiger partial charge is 0.459 e. The van der Waals surface area contributed by atoms with Crippen molar-refractivity contribution in [1.29, 1.82) is 0 Å². The van der Waals surface area contributed by atoms with E-state index in [0.717, 1.165) is 17.9 Å². The van der Waals surface area contributed by atoms with Gasteiger partial charge in [-0.3, -0.25) is 0 Å². The van der Waals surface area contributed by atoms with Gasteiger partial charge >= 0.3 is 0 Å². The van der Waals surface area contributed by atoms with E-state index in [1.54, 1.807) is 0 Å². The van der Waals surface area contributed by atoms with Gasteiger partial charge in [-0.1, -0.05) is 43.3 Å². The van der Waals surface area contributed by atoms with Crippen LogP contribution in [0.1, 0.15) is 29.9 Å². The number of hydrogen-bond acceptors (Lipinski definition) is 2. The molecule has 0 aliphatic heterocycles. The van der Waals surface area contributed by atoms with E-state index in [0.29, 0.717) is 0 Å². The first-order valence-electron chi connectivity index (χ1n) is 7.17. The topological polar surface area (TPSA) is 25.2 Å². The van der Waals surface area contributed by atoms with E-state index in [-0.39, 0.29) is 6.04 Å². The molecule has 1 N–H and O–H groups in total. The molecular weight excluding hydrogens is 373 g/mol. The molecule has 1 unspecified atom stereocenters. The van der Waals surface area contributed by atoms with Gasteiger partial charge in [0.05, 0.1) is 6.04 Å². The van der Waals surface area contributed by atoms with E-state index in [1.807, 2.05) is 0 Å². The lowest BCUT2D eigenvalue weighted by molar-refractivity contribution is 0.475. The van der Waals surface area contributed by atoms with Crippen molar-refractivity contribution < 1.29 is 4.42 Å². The Morgan fingerprint density at radius 3 is 2.67 bits per heavy atom. The molecule has 1 atom stereocenters. The zero-order chi connectivity index (χ0) is 14.8. The average molecular weight is 391 g/mol. The summed E-state index contributed by atoms with van der Waals surface area (Å²) in [6.45, 7) is 5.10. The predicted molar refractivity (Wildman–Crippen MR) is 95.6 cm³/mol. The maximum absolute atomic E-state index is 6.16. The molecule has 0 fully saturated rings. The van der Waals surface area contributed by atoms with Crippen molar-refractivity contribution in [3.05, 3.63) is 69.0 Å². The van der Waals surface area contributed by atoms with Crippen molar-refractivity contribution in [1.82, 2.24) is 5.32 Å². The Kier molecular flexibility index (Phi) is 4.31. The van der Waals surface area contributed by atoms with Crippen molar-refractivity contribution in [3.8, 4) is 0 Å². The molecule has 21 heavy (non-hydrogen) atoms. The minimum Gasteiger partial charge on any atom is -0.459 e. The monoisotopic (exact) mass is 391 g/mol. The second-order valence-electron chi connectivity index (χ2n) is 5.15. The van der Waals surface area contributed by atoms with Crippen LogP contribution in [0.2, 0.25) is 0 Å². The fraction of sp³-hybridized carbons (Fsp3) is 0.222.